The monoisotopic (exact) mass is 298 g/mol. The number of aryl methyl sites for hydroxylation is 1. The van der Waals surface area contributed by atoms with Crippen LogP contribution in [-0.2, 0) is 15.9 Å². The third-order valence-electron chi connectivity index (χ3n) is 2.96. The SMILES string of the molecule is Brc1ccc(CCCO[C@H]2CCCCO2)cc1. The van der Waals surface area contributed by atoms with Crippen molar-refractivity contribution in [3.05, 3.63) is 34.3 Å². The van der Waals surface area contributed by atoms with Crippen molar-refractivity contribution in [3.63, 3.8) is 0 Å². The fraction of sp³-hybridized carbons (Fsp3) is 0.571. The Morgan fingerprint density at radius 3 is 2.76 bits per heavy atom. The summed E-state index contributed by atoms with van der Waals surface area (Å²) in [6.07, 6.45) is 5.64. The van der Waals surface area contributed by atoms with Crippen LogP contribution < -0.4 is 0 Å². The van der Waals surface area contributed by atoms with Crippen LogP contribution in [0.5, 0.6) is 0 Å². The van der Waals surface area contributed by atoms with Gasteiger partial charge in [-0.2, -0.15) is 0 Å². The molecule has 0 radical (unpaired) electrons. The lowest BCUT2D eigenvalue weighted by atomic mass is 10.1. The summed E-state index contributed by atoms with van der Waals surface area (Å²) in [6, 6.07) is 8.48. The van der Waals surface area contributed by atoms with Gasteiger partial charge in [-0.1, -0.05) is 28.1 Å². The minimum Gasteiger partial charge on any atom is -0.353 e. The van der Waals surface area contributed by atoms with Crippen molar-refractivity contribution in [2.45, 2.75) is 38.4 Å². The molecular weight excluding hydrogens is 280 g/mol. The second-order valence-electron chi connectivity index (χ2n) is 4.40. The fourth-order valence-corrected chi connectivity index (χ4v) is 2.25. The van der Waals surface area contributed by atoms with E-state index in [-0.39, 0.29) is 6.29 Å². The highest BCUT2D eigenvalue weighted by Crippen LogP contribution is 2.15. The maximum atomic E-state index is 5.70. The van der Waals surface area contributed by atoms with Crippen LogP contribution >= 0.6 is 15.9 Å². The van der Waals surface area contributed by atoms with Crippen LogP contribution in [0.4, 0.5) is 0 Å². The zero-order valence-corrected chi connectivity index (χ0v) is 11.6. The molecule has 3 heteroatoms. The molecule has 0 aliphatic carbocycles. The second-order valence-corrected chi connectivity index (χ2v) is 5.31. The summed E-state index contributed by atoms with van der Waals surface area (Å²) < 4.78 is 12.3. The molecule has 1 aliphatic heterocycles. The second kappa shape index (κ2) is 7.14. The Morgan fingerprint density at radius 2 is 2.06 bits per heavy atom. The van der Waals surface area contributed by atoms with Crippen molar-refractivity contribution in [2.75, 3.05) is 13.2 Å². The van der Waals surface area contributed by atoms with E-state index < -0.39 is 0 Å². The molecule has 0 unspecified atom stereocenters. The van der Waals surface area contributed by atoms with Gasteiger partial charge in [-0.05, 0) is 49.8 Å². The lowest BCUT2D eigenvalue weighted by Crippen LogP contribution is -2.22. The van der Waals surface area contributed by atoms with Gasteiger partial charge in [0.15, 0.2) is 6.29 Å². The first-order valence-electron chi connectivity index (χ1n) is 6.32. The normalized spacial score (nSPS) is 20.4. The molecule has 0 spiro atoms. The highest BCUT2D eigenvalue weighted by Gasteiger charge is 2.13. The average Bonchev–Trinajstić information content (AvgIpc) is 2.38. The average molecular weight is 299 g/mol. The Balaban J connectivity index is 1.60. The first kappa shape index (κ1) is 13.1. The van der Waals surface area contributed by atoms with Gasteiger partial charge in [-0.15, -0.1) is 0 Å². The van der Waals surface area contributed by atoms with E-state index in [0.29, 0.717) is 0 Å². The summed E-state index contributed by atoms with van der Waals surface area (Å²) in [5, 5.41) is 0. The van der Waals surface area contributed by atoms with Crippen LogP contribution in [0, 0.1) is 0 Å². The third kappa shape index (κ3) is 4.78. The van der Waals surface area contributed by atoms with Crippen molar-refractivity contribution < 1.29 is 9.47 Å². The van der Waals surface area contributed by atoms with Gasteiger partial charge in [-0.3, -0.25) is 0 Å². The molecule has 2 nitrogen and oxygen atoms in total. The number of halogens is 1. The largest absolute Gasteiger partial charge is 0.353 e. The molecular formula is C14H19BrO2. The third-order valence-corrected chi connectivity index (χ3v) is 3.49. The van der Waals surface area contributed by atoms with E-state index in [0.717, 1.165) is 36.9 Å². The van der Waals surface area contributed by atoms with Gasteiger partial charge in [0.25, 0.3) is 0 Å². The molecule has 2 rings (SSSR count). The topological polar surface area (TPSA) is 18.5 Å². The lowest BCUT2D eigenvalue weighted by molar-refractivity contribution is -0.162. The van der Waals surface area contributed by atoms with Crippen LogP contribution in [0.2, 0.25) is 0 Å². The molecule has 1 aliphatic rings. The Bertz CT molecular complexity index is 317. The summed E-state index contributed by atoms with van der Waals surface area (Å²) in [5.41, 5.74) is 1.36. The summed E-state index contributed by atoms with van der Waals surface area (Å²) in [5.74, 6) is 0. The summed E-state index contributed by atoms with van der Waals surface area (Å²) >= 11 is 3.44. The number of hydrogen-bond acceptors (Lipinski definition) is 2. The van der Waals surface area contributed by atoms with E-state index in [4.69, 9.17) is 9.47 Å². The van der Waals surface area contributed by atoms with Crippen LogP contribution in [0.1, 0.15) is 31.2 Å². The van der Waals surface area contributed by atoms with Crippen LogP contribution in [0.3, 0.4) is 0 Å². The zero-order valence-electron chi connectivity index (χ0n) is 10.0. The lowest BCUT2D eigenvalue weighted by Gasteiger charge is -2.22. The zero-order chi connectivity index (χ0) is 11.9. The Labute approximate surface area is 111 Å². The van der Waals surface area contributed by atoms with E-state index in [9.17, 15) is 0 Å². The van der Waals surface area contributed by atoms with E-state index in [2.05, 4.69) is 40.2 Å². The highest BCUT2D eigenvalue weighted by molar-refractivity contribution is 9.10. The molecule has 1 aromatic rings. The first-order chi connectivity index (χ1) is 8.34. The van der Waals surface area contributed by atoms with Gasteiger partial charge in [0.2, 0.25) is 0 Å². The molecule has 0 amide bonds. The summed E-state index contributed by atoms with van der Waals surface area (Å²) in [7, 11) is 0. The standard InChI is InChI=1S/C14H19BrO2/c15-13-8-6-12(7-9-13)4-3-11-17-14-5-1-2-10-16-14/h6-9,14H,1-5,10-11H2/t14-/m0/s1. The van der Waals surface area contributed by atoms with Crippen LogP contribution in [-0.4, -0.2) is 19.5 Å². The Hall–Kier alpha value is -0.380. The molecule has 1 atom stereocenters. The molecule has 0 bridgehead atoms. The van der Waals surface area contributed by atoms with Crippen LogP contribution in [0.15, 0.2) is 28.7 Å². The number of hydrogen-bond donors (Lipinski definition) is 0. The van der Waals surface area contributed by atoms with Gasteiger partial charge in [0, 0.05) is 11.1 Å². The Kier molecular flexibility index (Phi) is 5.49. The van der Waals surface area contributed by atoms with E-state index in [1.165, 1.54) is 18.4 Å². The molecule has 1 heterocycles. The smallest absolute Gasteiger partial charge is 0.157 e. The van der Waals surface area contributed by atoms with Gasteiger partial charge in [0.05, 0.1) is 6.61 Å². The van der Waals surface area contributed by atoms with Crippen molar-refractivity contribution >= 4 is 15.9 Å². The quantitative estimate of drug-likeness (QED) is 0.767. The molecule has 0 saturated carbocycles. The number of benzene rings is 1. The minimum absolute atomic E-state index is 0.0497. The van der Waals surface area contributed by atoms with Crippen molar-refractivity contribution in [2.24, 2.45) is 0 Å². The Morgan fingerprint density at radius 1 is 1.24 bits per heavy atom. The first-order valence-corrected chi connectivity index (χ1v) is 7.11. The van der Waals surface area contributed by atoms with Crippen molar-refractivity contribution in [1.29, 1.82) is 0 Å². The maximum Gasteiger partial charge on any atom is 0.157 e. The number of rotatable bonds is 5. The van der Waals surface area contributed by atoms with E-state index in [1.54, 1.807) is 0 Å². The molecule has 17 heavy (non-hydrogen) atoms. The minimum atomic E-state index is 0.0497. The molecule has 0 N–H and O–H groups in total. The van der Waals surface area contributed by atoms with Gasteiger partial charge >= 0.3 is 0 Å². The predicted molar refractivity (Wildman–Crippen MR) is 72.0 cm³/mol. The predicted octanol–water partition coefficient (Wildman–Crippen LogP) is 3.92. The van der Waals surface area contributed by atoms with Crippen LogP contribution in [0.25, 0.3) is 0 Å². The molecule has 0 aromatic heterocycles. The van der Waals surface area contributed by atoms with Crippen molar-refractivity contribution in [1.82, 2.24) is 0 Å². The van der Waals surface area contributed by atoms with E-state index >= 15 is 0 Å². The van der Waals surface area contributed by atoms with Gasteiger partial charge < -0.3 is 9.47 Å². The summed E-state index contributed by atoms with van der Waals surface area (Å²) in [6.45, 7) is 1.65. The van der Waals surface area contributed by atoms with Gasteiger partial charge in [0.1, 0.15) is 0 Å². The maximum absolute atomic E-state index is 5.70. The fourth-order valence-electron chi connectivity index (χ4n) is 1.98. The molecule has 1 saturated heterocycles. The highest BCUT2D eigenvalue weighted by atomic mass is 79.9. The molecule has 1 fully saturated rings. The van der Waals surface area contributed by atoms with E-state index in [1.807, 2.05) is 0 Å². The molecule has 94 valence electrons. The van der Waals surface area contributed by atoms with Gasteiger partial charge in [-0.25, -0.2) is 0 Å². The summed E-state index contributed by atoms with van der Waals surface area (Å²) in [4.78, 5) is 0. The van der Waals surface area contributed by atoms with Crippen molar-refractivity contribution in [3.8, 4) is 0 Å². The number of ether oxygens (including phenoxy) is 2. The molecule has 1 aromatic carbocycles.